The minimum atomic E-state index is -0.999. The van der Waals surface area contributed by atoms with E-state index in [1.807, 2.05) is 0 Å². The number of carboxylic acids is 1. The summed E-state index contributed by atoms with van der Waals surface area (Å²) in [7, 11) is 4.14. The van der Waals surface area contributed by atoms with Crippen LogP contribution in [0.4, 0.5) is 0 Å². The van der Waals surface area contributed by atoms with Crippen molar-refractivity contribution in [1.82, 2.24) is 0 Å². The third-order valence-electron chi connectivity index (χ3n) is 4.64. The van der Waals surface area contributed by atoms with Crippen LogP contribution < -0.4 is 5.11 Å². The molecule has 0 bridgehead atoms. The van der Waals surface area contributed by atoms with Crippen molar-refractivity contribution in [2.45, 2.75) is 70.8 Å². The van der Waals surface area contributed by atoms with Gasteiger partial charge in [-0.2, -0.15) is 0 Å². The first kappa shape index (κ1) is 22.6. The van der Waals surface area contributed by atoms with Gasteiger partial charge in [-0.15, -0.1) is 0 Å². The van der Waals surface area contributed by atoms with Crippen molar-refractivity contribution in [3.05, 3.63) is 12.7 Å². The molecule has 0 rings (SSSR count). The summed E-state index contributed by atoms with van der Waals surface area (Å²) in [5.74, 6) is -1.42. The first-order valence-electron chi connectivity index (χ1n) is 9.15. The Bertz CT molecular complexity index is 380. The van der Waals surface area contributed by atoms with E-state index >= 15 is 0 Å². The highest BCUT2D eigenvalue weighted by atomic mass is 16.5. The fraction of sp³-hybridized carbons (Fsp3) is 0.789. The van der Waals surface area contributed by atoms with E-state index in [0.717, 1.165) is 18.9 Å². The molecule has 0 N–H and O–H groups in total. The van der Waals surface area contributed by atoms with Gasteiger partial charge >= 0.3 is 5.97 Å². The van der Waals surface area contributed by atoms with Crippen LogP contribution in [-0.4, -0.2) is 49.7 Å². The third kappa shape index (κ3) is 11.2. The molecule has 0 aromatic carbocycles. The van der Waals surface area contributed by atoms with Crippen LogP contribution in [0.5, 0.6) is 0 Å². The van der Waals surface area contributed by atoms with Crippen molar-refractivity contribution < 1.29 is 23.9 Å². The summed E-state index contributed by atoms with van der Waals surface area (Å²) in [5, 5.41) is 10.8. The maximum atomic E-state index is 11.1. The van der Waals surface area contributed by atoms with Gasteiger partial charge in [0.1, 0.15) is 13.2 Å². The molecule has 1 atom stereocenters. The maximum Gasteiger partial charge on any atom is 0.330 e. The molecule has 0 aliphatic rings. The number of carboxylic acid groups (broad SMARTS) is 1. The Morgan fingerprint density at radius 2 is 1.75 bits per heavy atom. The standard InChI is InChI=1S/C19H35NO4/c1-5-7-8-9-10-11-12-17(13-14-18(21)22)20(3,4)15-16-24-19(23)6-2/h6,17H,2,5,7-16H2,1,3-4H3. The molecule has 0 aliphatic carbocycles. The quantitative estimate of drug-likeness (QED) is 0.199. The number of ether oxygens (including phenoxy) is 1. The highest BCUT2D eigenvalue weighted by molar-refractivity contribution is 5.81. The molecule has 1 unspecified atom stereocenters. The number of unbranched alkanes of at least 4 members (excludes halogenated alkanes) is 5. The minimum absolute atomic E-state index is 0.0780. The third-order valence-corrected chi connectivity index (χ3v) is 4.64. The number of carbonyl (C=O) groups is 2. The van der Waals surface area contributed by atoms with Crippen LogP contribution in [0.2, 0.25) is 0 Å². The monoisotopic (exact) mass is 341 g/mol. The Labute approximate surface area is 147 Å². The van der Waals surface area contributed by atoms with Gasteiger partial charge in [0, 0.05) is 18.5 Å². The fourth-order valence-electron chi connectivity index (χ4n) is 2.91. The first-order chi connectivity index (χ1) is 11.3. The highest BCUT2D eigenvalue weighted by Crippen LogP contribution is 2.20. The molecule has 0 amide bonds. The number of carbonyl (C=O) groups excluding carboxylic acids is 2. The Balaban J connectivity index is 4.39. The van der Waals surface area contributed by atoms with Gasteiger partial charge in [0.25, 0.3) is 0 Å². The van der Waals surface area contributed by atoms with Crippen molar-refractivity contribution in [2.24, 2.45) is 0 Å². The van der Waals surface area contributed by atoms with Crippen molar-refractivity contribution in [3.8, 4) is 0 Å². The summed E-state index contributed by atoms with van der Waals surface area (Å²) < 4.78 is 5.72. The van der Waals surface area contributed by atoms with Crippen LogP contribution in [0, 0.1) is 0 Å². The van der Waals surface area contributed by atoms with E-state index in [9.17, 15) is 14.7 Å². The molecule has 0 spiro atoms. The molecule has 0 aliphatic heterocycles. The van der Waals surface area contributed by atoms with Crippen molar-refractivity contribution >= 4 is 11.9 Å². The number of rotatable bonds is 15. The molecule has 5 heteroatoms. The van der Waals surface area contributed by atoms with E-state index < -0.39 is 11.9 Å². The zero-order valence-electron chi connectivity index (χ0n) is 15.7. The lowest BCUT2D eigenvalue weighted by Gasteiger charge is -2.38. The Morgan fingerprint density at radius 3 is 2.33 bits per heavy atom. The number of aliphatic carboxylic acids is 1. The summed E-state index contributed by atoms with van der Waals surface area (Å²) in [6.45, 7) is 6.56. The first-order valence-corrected chi connectivity index (χ1v) is 9.15. The van der Waals surface area contributed by atoms with E-state index in [4.69, 9.17) is 4.74 Å². The summed E-state index contributed by atoms with van der Waals surface area (Å²) in [5.41, 5.74) is 0. The molecule has 140 valence electrons. The predicted molar refractivity (Wildman–Crippen MR) is 94.2 cm³/mol. The van der Waals surface area contributed by atoms with Gasteiger partial charge in [0.15, 0.2) is 0 Å². The van der Waals surface area contributed by atoms with Crippen LogP contribution in [0.25, 0.3) is 0 Å². The smallest absolute Gasteiger partial charge is 0.330 e. The van der Waals surface area contributed by atoms with Crippen molar-refractivity contribution in [3.63, 3.8) is 0 Å². The molecule has 0 heterocycles. The molecule has 0 aromatic rings. The lowest BCUT2D eigenvalue weighted by Crippen LogP contribution is -2.51. The van der Waals surface area contributed by atoms with E-state index in [2.05, 4.69) is 27.6 Å². The molecule has 0 aromatic heterocycles. The molecule has 0 saturated carbocycles. The van der Waals surface area contributed by atoms with Gasteiger partial charge in [0.2, 0.25) is 0 Å². The molecule has 0 radical (unpaired) electrons. The second-order valence-corrected chi connectivity index (χ2v) is 6.99. The van der Waals surface area contributed by atoms with Gasteiger partial charge in [-0.05, 0) is 19.3 Å². The molecule has 0 saturated heterocycles. The Hall–Kier alpha value is -1.36. The summed E-state index contributed by atoms with van der Waals surface area (Å²) in [6, 6.07) is 0.233. The van der Waals surface area contributed by atoms with E-state index in [-0.39, 0.29) is 12.5 Å². The lowest BCUT2D eigenvalue weighted by atomic mass is 9.99. The van der Waals surface area contributed by atoms with Crippen LogP contribution in [-0.2, 0) is 14.3 Å². The summed E-state index contributed by atoms with van der Waals surface area (Å²) in [4.78, 5) is 22.0. The number of hydrogen-bond acceptors (Lipinski definition) is 4. The van der Waals surface area contributed by atoms with Crippen molar-refractivity contribution in [2.75, 3.05) is 27.2 Å². The normalized spacial score (nSPS) is 12.6. The van der Waals surface area contributed by atoms with Gasteiger partial charge in [-0.25, -0.2) is 4.79 Å². The Kier molecular flexibility index (Phi) is 12.3. The predicted octanol–water partition coefficient (Wildman–Crippen LogP) is 2.44. The van der Waals surface area contributed by atoms with Gasteiger partial charge in [-0.3, -0.25) is 0 Å². The molecule has 0 fully saturated rings. The van der Waals surface area contributed by atoms with Gasteiger partial charge < -0.3 is 19.1 Å². The number of likely N-dealkylation sites (N-methyl/N-ethyl adjacent to an activating group) is 1. The second kappa shape index (κ2) is 13.0. The zero-order valence-corrected chi connectivity index (χ0v) is 15.7. The van der Waals surface area contributed by atoms with Crippen LogP contribution in [0.3, 0.4) is 0 Å². The highest BCUT2D eigenvalue weighted by Gasteiger charge is 2.27. The molecule has 24 heavy (non-hydrogen) atoms. The van der Waals surface area contributed by atoms with E-state index in [1.165, 1.54) is 32.1 Å². The van der Waals surface area contributed by atoms with Crippen molar-refractivity contribution in [1.29, 1.82) is 0 Å². The average Bonchev–Trinajstić information content (AvgIpc) is 2.52. The SMILES string of the molecule is C=CC(=O)OCC[N+](C)(C)C(CCCCCCCC)CCC(=O)[O-]. The zero-order chi connectivity index (χ0) is 18.4. The average molecular weight is 341 g/mol. The molecular weight excluding hydrogens is 306 g/mol. The summed E-state index contributed by atoms with van der Waals surface area (Å²) >= 11 is 0. The lowest BCUT2D eigenvalue weighted by molar-refractivity contribution is -0.916. The van der Waals surface area contributed by atoms with Crippen LogP contribution in [0.1, 0.15) is 64.7 Å². The number of hydrogen-bond donors (Lipinski definition) is 0. The topological polar surface area (TPSA) is 66.4 Å². The maximum absolute atomic E-state index is 11.1. The van der Waals surface area contributed by atoms with E-state index in [1.54, 1.807) is 0 Å². The second-order valence-electron chi connectivity index (χ2n) is 6.99. The van der Waals surface area contributed by atoms with Crippen LogP contribution in [0.15, 0.2) is 12.7 Å². The Morgan fingerprint density at radius 1 is 1.12 bits per heavy atom. The molecule has 5 nitrogen and oxygen atoms in total. The minimum Gasteiger partial charge on any atom is -0.550 e. The largest absolute Gasteiger partial charge is 0.550 e. The molecular formula is C19H35NO4. The number of esters is 1. The van der Waals surface area contributed by atoms with E-state index in [0.29, 0.717) is 24.1 Å². The van der Waals surface area contributed by atoms with Gasteiger partial charge in [-0.1, -0.05) is 45.6 Å². The van der Waals surface area contributed by atoms with Gasteiger partial charge in [0.05, 0.1) is 20.1 Å². The number of quaternary nitrogens is 1. The number of nitrogens with zero attached hydrogens (tertiary/aromatic N) is 1. The van der Waals surface area contributed by atoms with Crippen LogP contribution >= 0.6 is 0 Å². The fourth-order valence-corrected chi connectivity index (χ4v) is 2.91. The summed E-state index contributed by atoms with van der Waals surface area (Å²) in [6.07, 6.45) is 10.1.